The van der Waals surface area contributed by atoms with Crippen molar-refractivity contribution in [3.05, 3.63) is 48.2 Å². The summed E-state index contributed by atoms with van der Waals surface area (Å²) in [6.07, 6.45) is 3.61. The number of nitrogens with zero attached hydrogens (tertiary/aromatic N) is 3. The Morgan fingerprint density at radius 3 is 2.41 bits per heavy atom. The Kier molecular flexibility index (Phi) is 3.62. The van der Waals surface area contributed by atoms with E-state index in [1.165, 1.54) is 10.9 Å². The largest absolute Gasteiger partial charge is 0.503 e. The van der Waals surface area contributed by atoms with E-state index in [0.717, 1.165) is 50.9 Å². The van der Waals surface area contributed by atoms with Crippen molar-refractivity contribution in [1.29, 1.82) is 0 Å². The zero-order valence-electron chi connectivity index (χ0n) is 14.7. The van der Waals surface area contributed by atoms with Gasteiger partial charge in [-0.05, 0) is 43.2 Å². The summed E-state index contributed by atoms with van der Waals surface area (Å²) < 4.78 is 34.7. The van der Waals surface area contributed by atoms with Gasteiger partial charge in [-0.15, -0.1) is 0 Å². The van der Waals surface area contributed by atoms with Crippen LogP contribution in [-0.2, 0) is 4.74 Å². The molecule has 0 aliphatic carbocycles. The summed E-state index contributed by atoms with van der Waals surface area (Å²) in [7, 11) is 0. The van der Waals surface area contributed by atoms with Gasteiger partial charge in [0.15, 0.2) is 17.4 Å². The molecule has 27 heavy (non-hydrogen) atoms. The predicted molar refractivity (Wildman–Crippen MR) is 97.3 cm³/mol. The van der Waals surface area contributed by atoms with E-state index in [2.05, 4.69) is 10.00 Å². The molecule has 3 heterocycles. The first kappa shape index (κ1) is 16.5. The number of aromatic hydroxyl groups is 1. The number of hydrogen-bond donors (Lipinski definition) is 1. The van der Waals surface area contributed by atoms with E-state index < -0.39 is 17.4 Å². The van der Waals surface area contributed by atoms with Gasteiger partial charge in [0.25, 0.3) is 0 Å². The third kappa shape index (κ3) is 2.56. The van der Waals surface area contributed by atoms with Crippen LogP contribution in [0.15, 0.2) is 36.5 Å². The molecular formula is C20H19F2N3O2. The first-order chi connectivity index (χ1) is 13.1. The SMILES string of the molecule is Oc1c(F)cc2cnn(-c3ccc(N4CC5(CCOCC5)C4)cc3)c2c1F. The van der Waals surface area contributed by atoms with Gasteiger partial charge in [-0.3, -0.25) is 0 Å². The number of aromatic nitrogens is 2. The summed E-state index contributed by atoms with van der Waals surface area (Å²) >= 11 is 0. The summed E-state index contributed by atoms with van der Waals surface area (Å²) in [5.74, 6) is -2.98. The second-order valence-electron chi connectivity index (χ2n) is 7.50. The van der Waals surface area contributed by atoms with Crippen molar-refractivity contribution in [1.82, 2.24) is 9.78 Å². The fourth-order valence-corrected chi connectivity index (χ4v) is 4.18. The van der Waals surface area contributed by atoms with E-state index in [1.807, 2.05) is 24.3 Å². The lowest BCUT2D eigenvalue weighted by Crippen LogP contribution is -2.58. The van der Waals surface area contributed by atoms with Gasteiger partial charge in [0.05, 0.1) is 11.9 Å². The Labute approximate surface area is 154 Å². The summed E-state index contributed by atoms with van der Waals surface area (Å²) in [6, 6.07) is 8.76. The zero-order chi connectivity index (χ0) is 18.6. The summed E-state index contributed by atoms with van der Waals surface area (Å²) in [4.78, 5) is 2.33. The number of phenols is 1. The van der Waals surface area contributed by atoms with Crippen LogP contribution in [0.5, 0.6) is 5.75 Å². The van der Waals surface area contributed by atoms with Gasteiger partial charge in [-0.2, -0.15) is 5.10 Å². The quantitative estimate of drug-likeness (QED) is 0.748. The van der Waals surface area contributed by atoms with Gasteiger partial charge < -0.3 is 14.7 Å². The maximum absolute atomic E-state index is 14.3. The maximum Gasteiger partial charge on any atom is 0.194 e. The molecule has 0 unspecified atom stereocenters. The number of anilines is 1. The van der Waals surface area contributed by atoms with Crippen LogP contribution < -0.4 is 4.90 Å². The van der Waals surface area contributed by atoms with E-state index in [9.17, 15) is 13.9 Å². The Hall–Kier alpha value is -2.67. The van der Waals surface area contributed by atoms with Crippen molar-refractivity contribution < 1.29 is 18.6 Å². The number of fused-ring (bicyclic) bond motifs is 1. The Morgan fingerprint density at radius 1 is 1.04 bits per heavy atom. The number of phenolic OH excluding ortho intramolecular Hbond substituents is 1. The fourth-order valence-electron chi connectivity index (χ4n) is 4.18. The van der Waals surface area contributed by atoms with E-state index in [-0.39, 0.29) is 5.52 Å². The number of ether oxygens (including phenoxy) is 1. The van der Waals surface area contributed by atoms with E-state index in [1.54, 1.807) is 0 Å². The summed E-state index contributed by atoms with van der Waals surface area (Å²) in [6.45, 7) is 3.75. The molecule has 0 amide bonds. The predicted octanol–water partition coefficient (Wildman–Crippen LogP) is 3.63. The van der Waals surface area contributed by atoms with Crippen LogP contribution >= 0.6 is 0 Å². The lowest BCUT2D eigenvalue weighted by atomic mass is 9.73. The molecule has 2 aromatic carbocycles. The minimum absolute atomic E-state index is 0.0618. The molecule has 0 bridgehead atoms. The van der Waals surface area contributed by atoms with Crippen LogP contribution in [0.2, 0.25) is 0 Å². The average molecular weight is 371 g/mol. The summed E-state index contributed by atoms with van der Waals surface area (Å²) in [5, 5.41) is 14.0. The van der Waals surface area contributed by atoms with Gasteiger partial charge in [0.1, 0.15) is 5.52 Å². The second-order valence-corrected chi connectivity index (χ2v) is 7.50. The van der Waals surface area contributed by atoms with Crippen molar-refractivity contribution in [3.63, 3.8) is 0 Å². The number of benzene rings is 2. The zero-order valence-corrected chi connectivity index (χ0v) is 14.7. The molecule has 2 aliphatic heterocycles. The van der Waals surface area contributed by atoms with Crippen molar-refractivity contribution in [2.75, 3.05) is 31.2 Å². The molecule has 2 fully saturated rings. The topological polar surface area (TPSA) is 50.5 Å². The molecular weight excluding hydrogens is 352 g/mol. The van der Waals surface area contributed by atoms with Crippen molar-refractivity contribution >= 4 is 16.6 Å². The van der Waals surface area contributed by atoms with Gasteiger partial charge in [-0.25, -0.2) is 13.5 Å². The van der Waals surface area contributed by atoms with Gasteiger partial charge in [-0.1, -0.05) is 0 Å². The van der Waals surface area contributed by atoms with E-state index in [0.29, 0.717) is 16.5 Å². The Bertz CT molecular complexity index is 1000. The summed E-state index contributed by atoms with van der Waals surface area (Å²) in [5.41, 5.74) is 2.22. The van der Waals surface area contributed by atoms with Crippen LogP contribution in [0.3, 0.4) is 0 Å². The number of rotatable bonds is 2. The Balaban J connectivity index is 1.41. The molecule has 2 aliphatic rings. The molecule has 2 saturated heterocycles. The van der Waals surface area contributed by atoms with Crippen LogP contribution in [0.25, 0.3) is 16.6 Å². The molecule has 0 atom stereocenters. The smallest absolute Gasteiger partial charge is 0.194 e. The highest BCUT2D eigenvalue weighted by Crippen LogP contribution is 2.42. The first-order valence-electron chi connectivity index (χ1n) is 9.04. The van der Waals surface area contributed by atoms with Crippen LogP contribution in [0.1, 0.15) is 12.8 Å². The number of halogens is 2. The van der Waals surface area contributed by atoms with Crippen molar-refractivity contribution in [2.45, 2.75) is 12.8 Å². The van der Waals surface area contributed by atoms with Gasteiger partial charge in [0, 0.05) is 42.8 Å². The molecule has 140 valence electrons. The number of hydrogen-bond acceptors (Lipinski definition) is 4. The van der Waals surface area contributed by atoms with Crippen molar-refractivity contribution in [3.8, 4) is 11.4 Å². The monoisotopic (exact) mass is 371 g/mol. The van der Waals surface area contributed by atoms with Gasteiger partial charge >= 0.3 is 0 Å². The molecule has 3 aromatic rings. The van der Waals surface area contributed by atoms with E-state index >= 15 is 0 Å². The minimum Gasteiger partial charge on any atom is -0.503 e. The lowest BCUT2D eigenvalue weighted by molar-refractivity contribution is -0.000190. The van der Waals surface area contributed by atoms with Crippen LogP contribution in [0, 0.1) is 17.0 Å². The second kappa shape index (κ2) is 5.92. The normalized spacial score (nSPS) is 18.8. The molecule has 1 aromatic heterocycles. The van der Waals surface area contributed by atoms with Crippen molar-refractivity contribution in [2.24, 2.45) is 5.41 Å². The minimum atomic E-state index is -1.00. The van der Waals surface area contributed by atoms with Gasteiger partial charge in [0.2, 0.25) is 0 Å². The molecule has 1 N–H and O–H groups in total. The molecule has 5 rings (SSSR count). The van der Waals surface area contributed by atoms with Crippen LogP contribution in [0.4, 0.5) is 14.5 Å². The highest BCUT2D eigenvalue weighted by Gasteiger charge is 2.43. The molecule has 7 heteroatoms. The molecule has 0 radical (unpaired) electrons. The third-order valence-corrected chi connectivity index (χ3v) is 5.79. The average Bonchev–Trinajstić information content (AvgIpc) is 3.09. The Morgan fingerprint density at radius 2 is 1.70 bits per heavy atom. The fraction of sp³-hybridized carbons (Fsp3) is 0.350. The highest BCUT2D eigenvalue weighted by molar-refractivity contribution is 5.82. The maximum atomic E-state index is 14.3. The molecule has 5 nitrogen and oxygen atoms in total. The standard InChI is InChI=1S/C20H19F2N3O2/c21-16-9-13-10-23-25(18(13)17(22)19(16)26)15-3-1-14(2-4-15)24-11-20(12-24)5-7-27-8-6-20/h1-4,9-10,26H,5-8,11-12H2. The first-order valence-corrected chi connectivity index (χ1v) is 9.04. The molecule has 1 spiro atoms. The molecule has 0 saturated carbocycles. The van der Waals surface area contributed by atoms with Crippen LogP contribution in [-0.4, -0.2) is 41.2 Å². The highest BCUT2D eigenvalue weighted by atomic mass is 19.1. The lowest BCUT2D eigenvalue weighted by Gasteiger charge is -2.53. The van der Waals surface area contributed by atoms with E-state index in [4.69, 9.17) is 4.74 Å². The third-order valence-electron chi connectivity index (χ3n) is 5.79.